The summed E-state index contributed by atoms with van der Waals surface area (Å²) in [5.41, 5.74) is 0.570. The van der Waals surface area contributed by atoms with Gasteiger partial charge in [0, 0.05) is 6.04 Å². The second kappa shape index (κ2) is 11.6. The quantitative estimate of drug-likeness (QED) is 0.307. The summed E-state index contributed by atoms with van der Waals surface area (Å²) in [6.07, 6.45) is 16.3. The van der Waals surface area contributed by atoms with Crippen molar-refractivity contribution in [3.8, 4) is 0 Å². The van der Waals surface area contributed by atoms with Crippen molar-refractivity contribution in [3.05, 3.63) is 0 Å². The van der Waals surface area contributed by atoms with E-state index in [2.05, 4.69) is 33.0 Å². The van der Waals surface area contributed by atoms with Crippen molar-refractivity contribution in [3.63, 3.8) is 0 Å². The molecule has 0 bridgehead atoms. The van der Waals surface area contributed by atoms with Crippen LogP contribution in [-0.4, -0.2) is 41.2 Å². The van der Waals surface area contributed by atoms with Gasteiger partial charge in [-0.3, -0.25) is 0 Å². The van der Waals surface area contributed by atoms with Crippen molar-refractivity contribution in [2.75, 3.05) is 6.61 Å². The van der Waals surface area contributed by atoms with Gasteiger partial charge >= 0.3 is 6.09 Å². The molecular formula is C33H57NO4. The number of alkyl carbamates (subject to hydrolysis) is 1. The summed E-state index contributed by atoms with van der Waals surface area (Å²) in [6.45, 7) is 10.3. The van der Waals surface area contributed by atoms with E-state index < -0.39 is 0 Å². The predicted octanol–water partition coefficient (Wildman–Crippen LogP) is 7.09. The normalized spacial score (nSPS) is 45.9. The highest BCUT2D eigenvalue weighted by Gasteiger charge is 2.64. The number of nitrogens with one attached hydrogen (secondary N) is 1. The van der Waals surface area contributed by atoms with Crippen molar-refractivity contribution >= 4 is 6.09 Å². The van der Waals surface area contributed by atoms with E-state index in [1.54, 1.807) is 0 Å². The Bertz CT molecular complexity index is 813. The molecule has 0 aromatic heterocycles. The van der Waals surface area contributed by atoms with Gasteiger partial charge in [0.05, 0.1) is 18.8 Å². The summed E-state index contributed by atoms with van der Waals surface area (Å²) in [7, 11) is 0. The molecule has 5 saturated carbocycles. The minimum absolute atomic E-state index is 0.182. The van der Waals surface area contributed by atoms with Crippen LogP contribution in [0.25, 0.3) is 0 Å². The van der Waals surface area contributed by atoms with Crippen LogP contribution in [0.4, 0.5) is 4.79 Å². The maximum Gasteiger partial charge on any atom is 0.407 e. The van der Waals surface area contributed by atoms with Crippen LogP contribution in [-0.2, 0) is 4.74 Å². The third kappa shape index (κ3) is 5.17. The van der Waals surface area contributed by atoms with Gasteiger partial charge in [-0.2, -0.15) is 0 Å². The van der Waals surface area contributed by atoms with Gasteiger partial charge in [-0.25, -0.2) is 4.79 Å². The molecule has 3 N–H and O–H groups in total. The number of carbonyl (C=O) groups is 1. The summed E-state index contributed by atoms with van der Waals surface area (Å²) in [5.74, 6) is 3.72. The van der Waals surface area contributed by atoms with Gasteiger partial charge in [-0.05, 0) is 123 Å². The molecule has 4 unspecified atom stereocenters. The highest BCUT2D eigenvalue weighted by atomic mass is 16.5. The number of hydrogen-bond donors (Lipinski definition) is 3. The predicted molar refractivity (Wildman–Crippen MR) is 152 cm³/mol. The van der Waals surface area contributed by atoms with Crippen LogP contribution in [0.1, 0.15) is 124 Å². The van der Waals surface area contributed by atoms with Gasteiger partial charge in [-0.1, -0.05) is 53.4 Å². The second-order valence-electron chi connectivity index (χ2n) is 14.9. The highest BCUT2D eigenvalue weighted by molar-refractivity contribution is 5.67. The third-order valence-electron chi connectivity index (χ3n) is 13.1. The number of ether oxygens (including phenoxy) is 1. The molecule has 0 aromatic carbocycles. The lowest BCUT2D eigenvalue weighted by Crippen LogP contribution is -2.62. The molecule has 11 atom stereocenters. The minimum Gasteiger partial charge on any atom is -0.450 e. The Hall–Kier alpha value is -0.810. The van der Waals surface area contributed by atoms with Gasteiger partial charge in [-0.15, -0.1) is 0 Å². The van der Waals surface area contributed by atoms with E-state index >= 15 is 0 Å². The largest absolute Gasteiger partial charge is 0.450 e. The van der Waals surface area contributed by atoms with Gasteiger partial charge < -0.3 is 20.3 Å². The fourth-order valence-corrected chi connectivity index (χ4v) is 11.2. The molecule has 0 saturated heterocycles. The van der Waals surface area contributed by atoms with Gasteiger partial charge in [0.25, 0.3) is 0 Å². The van der Waals surface area contributed by atoms with Gasteiger partial charge in [0.15, 0.2) is 0 Å². The molecule has 5 fully saturated rings. The number of hydrogen-bond acceptors (Lipinski definition) is 4. The average molecular weight is 532 g/mol. The molecule has 0 aliphatic heterocycles. The van der Waals surface area contributed by atoms with Crippen LogP contribution in [0.5, 0.6) is 0 Å². The second-order valence-corrected chi connectivity index (χ2v) is 14.9. The summed E-state index contributed by atoms with van der Waals surface area (Å²) in [6, 6.07) is 0.305. The molecule has 0 aromatic rings. The van der Waals surface area contributed by atoms with Crippen molar-refractivity contribution < 1.29 is 19.7 Å². The van der Waals surface area contributed by atoms with Crippen LogP contribution in [0.3, 0.4) is 0 Å². The molecule has 5 heteroatoms. The Balaban J connectivity index is 1.18. The number of carbonyl (C=O) groups excluding carboxylic acids is 1. The molecule has 5 aliphatic carbocycles. The fourth-order valence-electron chi connectivity index (χ4n) is 11.2. The first-order chi connectivity index (χ1) is 18.2. The molecule has 0 heterocycles. The van der Waals surface area contributed by atoms with Crippen LogP contribution >= 0.6 is 0 Å². The smallest absolute Gasteiger partial charge is 0.407 e. The van der Waals surface area contributed by atoms with E-state index in [0.717, 1.165) is 51.4 Å². The van der Waals surface area contributed by atoms with Crippen LogP contribution in [0.15, 0.2) is 0 Å². The maximum atomic E-state index is 12.2. The monoisotopic (exact) mass is 531 g/mol. The molecule has 0 spiro atoms. The van der Waals surface area contributed by atoms with Gasteiger partial charge in [0.1, 0.15) is 0 Å². The lowest BCUT2D eigenvalue weighted by atomic mass is 9.41. The standard InChI is InChI=1S/C33H57NO4/c1-5-24-28-20-23(35)15-17-33(28,4)27-16-18-32(3)25(13-14-26(32)29(27)30(24)36)21(2)10-9-19-38-31(37)34-22-11-7-6-8-12-22/h21-30,35-36H,5-20H2,1-4H3,(H,34,37)/t21-,23-,24-,25?,26?,27?,28?,29+,30-,32-,33-/m1/s1. The number of amides is 1. The Labute approximate surface area is 232 Å². The Morgan fingerprint density at radius 2 is 1.66 bits per heavy atom. The Kier molecular flexibility index (Phi) is 8.75. The number of aliphatic hydroxyl groups excluding tert-OH is 2. The van der Waals surface area contributed by atoms with Crippen molar-refractivity contribution in [2.45, 2.75) is 142 Å². The zero-order chi connectivity index (χ0) is 27.1. The number of fused-ring (bicyclic) bond motifs is 5. The zero-order valence-corrected chi connectivity index (χ0v) is 24.8. The van der Waals surface area contributed by atoms with E-state index in [9.17, 15) is 15.0 Å². The molecule has 0 radical (unpaired) electrons. The topological polar surface area (TPSA) is 78.8 Å². The van der Waals surface area contributed by atoms with Gasteiger partial charge in [0.2, 0.25) is 0 Å². The van der Waals surface area contributed by atoms with Crippen LogP contribution < -0.4 is 5.32 Å². The molecule has 5 rings (SSSR count). The van der Waals surface area contributed by atoms with E-state index in [1.807, 2.05) is 0 Å². The van der Waals surface area contributed by atoms with E-state index in [0.29, 0.717) is 59.5 Å². The molecular weight excluding hydrogens is 474 g/mol. The first kappa shape index (κ1) is 28.7. The molecule has 218 valence electrons. The summed E-state index contributed by atoms with van der Waals surface area (Å²) in [4.78, 5) is 12.2. The number of aliphatic hydroxyl groups is 2. The van der Waals surface area contributed by atoms with Crippen molar-refractivity contribution in [1.29, 1.82) is 0 Å². The van der Waals surface area contributed by atoms with Crippen molar-refractivity contribution in [2.24, 2.45) is 52.3 Å². The summed E-state index contributed by atoms with van der Waals surface area (Å²) in [5, 5.41) is 25.5. The van der Waals surface area contributed by atoms with E-state index in [4.69, 9.17) is 4.74 Å². The number of rotatable bonds is 7. The molecule has 1 amide bonds. The minimum atomic E-state index is -0.227. The first-order valence-corrected chi connectivity index (χ1v) is 16.5. The first-order valence-electron chi connectivity index (χ1n) is 16.5. The summed E-state index contributed by atoms with van der Waals surface area (Å²) < 4.78 is 5.57. The molecule has 5 nitrogen and oxygen atoms in total. The maximum absolute atomic E-state index is 12.2. The van der Waals surface area contributed by atoms with Crippen LogP contribution in [0.2, 0.25) is 0 Å². The lowest BCUT2D eigenvalue weighted by Gasteiger charge is -2.64. The van der Waals surface area contributed by atoms with Crippen LogP contribution in [0, 0.1) is 52.3 Å². The van der Waals surface area contributed by atoms with Crippen molar-refractivity contribution in [1.82, 2.24) is 5.32 Å². The fraction of sp³-hybridized carbons (Fsp3) is 0.970. The zero-order valence-electron chi connectivity index (χ0n) is 24.8. The Morgan fingerprint density at radius 1 is 0.947 bits per heavy atom. The molecule has 5 aliphatic rings. The molecule has 38 heavy (non-hydrogen) atoms. The lowest BCUT2D eigenvalue weighted by molar-refractivity contribution is -0.203. The Morgan fingerprint density at radius 3 is 2.39 bits per heavy atom. The van der Waals surface area contributed by atoms with E-state index in [1.165, 1.54) is 44.9 Å². The van der Waals surface area contributed by atoms with E-state index in [-0.39, 0.29) is 23.7 Å². The average Bonchev–Trinajstić information content (AvgIpc) is 3.25. The third-order valence-corrected chi connectivity index (χ3v) is 13.1. The highest BCUT2D eigenvalue weighted by Crippen LogP contribution is 2.69. The SMILES string of the molecule is CC[C@@H]1C2C[C@H](O)CC[C@]2(C)C2CC[C@@]3(C)C(CCC3[C@H](C)CCCOC(=O)NC3CCCCC3)[C@@H]2[C@@H]1O. The summed E-state index contributed by atoms with van der Waals surface area (Å²) >= 11 is 0.